The molecule has 1 aliphatic carbocycles. The van der Waals surface area contributed by atoms with Gasteiger partial charge in [0, 0.05) is 0 Å². The molecule has 0 N–H and O–H groups in total. The molecule has 0 bridgehead atoms. The van der Waals surface area contributed by atoms with Crippen LogP contribution in [0.1, 0.15) is 52.9 Å². The summed E-state index contributed by atoms with van der Waals surface area (Å²) in [4.78, 5) is 0. The zero-order chi connectivity index (χ0) is 9.68. The molecule has 0 heteroatoms. The van der Waals surface area contributed by atoms with E-state index in [9.17, 15) is 0 Å². The van der Waals surface area contributed by atoms with E-state index in [0.29, 0.717) is 0 Å². The van der Waals surface area contributed by atoms with Gasteiger partial charge in [0.25, 0.3) is 0 Å². The fourth-order valence-electron chi connectivity index (χ4n) is 2.49. The van der Waals surface area contributed by atoms with Crippen molar-refractivity contribution in [3.8, 4) is 0 Å². The second-order valence-corrected chi connectivity index (χ2v) is 4.72. The van der Waals surface area contributed by atoms with Gasteiger partial charge in [-0.3, -0.25) is 0 Å². The summed E-state index contributed by atoms with van der Waals surface area (Å²) in [7, 11) is 0. The molecule has 2 atom stereocenters. The van der Waals surface area contributed by atoms with Crippen molar-refractivity contribution in [3.63, 3.8) is 0 Å². The Balaban J connectivity index is 2.41. The second kappa shape index (κ2) is 5.47. The van der Waals surface area contributed by atoms with Crippen molar-refractivity contribution >= 4 is 0 Å². The van der Waals surface area contributed by atoms with Crippen LogP contribution in [-0.4, -0.2) is 0 Å². The Labute approximate surface area is 83.4 Å². The molecule has 0 amide bonds. The maximum atomic E-state index is 2.46. The van der Waals surface area contributed by atoms with Crippen molar-refractivity contribution in [1.29, 1.82) is 0 Å². The minimum absolute atomic E-state index is 0.860. The molecule has 0 heterocycles. The number of hydrogen-bond acceptors (Lipinski definition) is 0. The standard InChI is InChI=1S/C13H24/c1-4-5-10-13(11(2)3)12-8-6-7-9-12/h6,8,11-13H,4-5,7,9-10H2,1-3H3. The van der Waals surface area contributed by atoms with Crippen LogP contribution in [0.2, 0.25) is 0 Å². The highest BCUT2D eigenvalue weighted by Crippen LogP contribution is 2.33. The zero-order valence-corrected chi connectivity index (χ0v) is 9.42. The summed E-state index contributed by atoms with van der Waals surface area (Å²) in [5.74, 6) is 2.70. The van der Waals surface area contributed by atoms with Gasteiger partial charge in [-0.1, -0.05) is 45.8 Å². The van der Waals surface area contributed by atoms with Crippen LogP contribution in [-0.2, 0) is 0 Å². The molecular weight excluding hydrogens is 156 g/mol. The highest BCUT2D eigenvalue weighted by molar-refractivity contribution is 4.99. The molecule has 0 nitrogen and oxygen atoms in total. The smallest absolute Gasteiger partial charge is 0.0200 e. The Hall–Kier alpha value is -0.260. The van der Waals surface area contributed by atoms with Gasteiger partial charge < -0.3 is 0 Å². The molecule has 13 heavy (non-hydrogen) atoms. The number of unbranched alkanes of at least 4 members (excludes halogenated alkanes) is 1. The minimum atomic E-state index is 0.860. The Morgan fingerprint density at radius 1 is 1.38 bits per heavy atom. The summed E-state index contributed by atoms with van der Waals surface area (Å²) in [5, 5.41) is 0. The van der Waals surface area contributed by atoms with Crippen LogP contribution in [0.25, 0.3) is 0 Å². The van der Waals surface area contributed by atoms with E-state index in [-0.39, 0.29) is 0 Å². The summed E-state index contributed by atoms with van der Waals surface area (Å²) < 4.78 is 0. The molecule has 0 aliphatic heterocycles. The lowest BCUT2D eigenvalue weighted by atomic mass is 9.80. The minimum Gasteiger partial charge on any atom is -0.0882 e. The molecule has 0 aromatic carbocycles. The summed E-state index contributed by atoms with van der Waals surface area (Å²) in [6, 6.07) is 0. The third kappa shape index (κ3) is 3.17. The maximum absolute atomic E-state index is 2.46. The summed E-state index contributed by atoms with van der Waals surface area (Å²) in [6.07, 6.45) is 11.7. The van der Waals surface area contributed by atoms with Crippen LogP contribution in [0.5, 0.6) is 0 Å². The lowest BCUT2D eigenvalue weighted by Gasteiger charge is -2.26. The Kier molecular flexibility index (Phi) is 4.55. The van der Waals surface area contributed by atoms with E-state index in [0.717, 1.165) is 17.8 Å². The van der Waals surface area contributed by atoms with E-state index in [2.05, 4.69) is 32.9 Å². The van der Waals surface area contributed by atoms with Gasteiger partial charge >= 0.3 is 0 Å². The van der Waals surface area contributed by atoms with Gasteiger partial charge in [-0.25, -0.2) is 0 Å². The average molecular weight is 180 g/mol. The predicted molar refractivity (Wildman–Crippen MR) is 59.7 cm³/mol. The lowest BCUT2D eigenvalue weighted by molar-refractivity contribution is 0.268. The van der Waals surface area contributed by atoms with E-state index in [4.69, 9.17) is 0 Å². The van der Waals surface area contributed by atoms with Crippen LogP contribution < -0.4 is 0 Å². The highest BCUT2D eigenvalue weighted by Gasteiger charge is 2.23. The van der Waals surface area contributed by atoms with E-state index < -0.39 is 0 Å². The van der Waals surface area contributed by atoms with Crippen molar-refractivity contribution in [3.05, 3.63) is 12.2 Å². The van der Waals surface area contributed by atoms with Crippen LogP contribution >= 0.6 is 0 Å². The summed E-state index contributed by atoms with van der Waals surface area (Å²) in [5.41, 5.74) is 0. The van der Waals surface area contributed by atoms with Gasteiger partial charge in [-0.2, -0.15) is 0 Å². The van der Waals surface area contributed by atoms with Gasteiger partial charge in [0.2, 0.25) is 0 Å². The third-order valence-corrected chi connectivity index (χ3v) is 3.35. The van der Waals surface area contributed by atoms with Crippen molar-refractivity contribution in [1.82, 2.24) is 0 Å². The second-order valence-electron chi connectivity index (χ2n) is 4.72. The molecule has 1 rings (SSSR count). The van der Waals surface area contributed by atoms with E-state index in [1.807, 2.05) is 0 Å². The lowest BCUT2D eigenvalue weighted by Crippen LogP contribution is -2.17. The molecule has 0 radical (unpaired) electrons. The first-order chi connectivity index (χ1) is 6.25. The number of allylic oxidation sites excluding steroid dienone is 2. The Morgan fingerprint density at radius 2 is 2.15 bits per heavy atom. The normalized spacial score (nSPS) is 24.2. The van der Waals surface area contributed by atoms with Gasteiger partial charge in [-0.05, 0) is 37.0 Å². The maximum Gasteiger partial charge on any atom is -0.0200 e. The molecule has 0 fully saturated rings. The van der Waals surface area contributed by atoms with E-state index in [1.54, 1.807) is 0 Å². The SMILES string of the molecule is CCCCC(C(C)C)C1C=CCC1. The molecule has 0 aromatic rings. The fraction of sp³-hybridized carbons (Fsp3) is 0.846. The first kappa shape index (κ1) is 10.8. The third-order valence-electron chi connectivity index (χ3n) is 3.35. The van der Waals surface area contributed by atoms with Gasteiger partial charge in [0.05, 0.1) is 0 Å². The van der Waals surface area contributed by atoms with Crippen molar-refractivity contribution < 1.29 is 0 Å². The monoisotopic (exact) mass is 180 g/mol. The Bertz CT molecular complexity index is 155. The molecule has 0 saturated heterocycles. The van der Waals surface area contributed by atoms with Gasteiger partial charge in [0.15, 0.2) is 0 Å². The van der Waals surface area contributed by atoms with Gasteiger partial charge in [-0.15, -0.1) is 0 Å². The largest absolute Gasteiger partial charge is 0.0882 e. The van der Waals surface area contributed by atoms with Crippen LogP contribution in [0, 0.1) is 17.8 Å². The molecule has 0 saturated carbocycles. The van der Waals surface area contributed by atoms with E-state index in [1.165, 1.54) is 32.1 Å². The average Bonchev–Trinajstić information content (AvgIpc) is 2.57. The molecule has 1 aliphatic rings. The van der Waals surface area contributed by atoms with Crippen molar-refractivity contribution in [2.75, 3.05) is 0 Å². The molecular formula is C13H24. The predicted octanol–water partition coefficient (Wildman–Crippen LogP) is 4.42. The van der Waals surface area contributed by atoms with Crippen molar-refractivity contribution in [2.24, 2.45) is 17.8 Å². The zero-order valence-electron chi connectivity index (χ0n) is 9.42. The van der Waals surface area contributed by atoms with Crippen LogP contribution in [0.3, 0.4) is 0 Å². The van der Waals surface area contributed by atoms with Crippen LogP contribution in [0.15, 0.2) is 12.2 Å². The fourth-order valence-corrected chi connectivity index (χ4v) is 2.49. The quantitative estimate of drug-likeness (QED) is 0.550. The topological polar surface area (TPSA) is 0 Å². The number of hydrogen-bond donors (Lipinski definition) is 0. The Morgan fingerprint density at radius 3 is 2.62 bits per heavy atom. The van der Waals surface area contributed by atoms with Crippen LogP contribution in [0.4, 0.5) is 0 Å². The first-order valence-electron chi connectivity index (χ1n) is 5.92. The van der Waals surface area contributed by atoms with E-state index >= 15 is 0 Å². The summed E-state index contributed by atoms with van der Waals surface area (Å²) in [6.45, 7) is 7.06. The summed E-state index contributed by atoms with van der Waals surface area (Å²) >= 11 is 0. The molecule has 0 aromatic heterocycles. The number of rotatable bonds is 5. The van der Waals surface area contributed by atoms with Crippen molar-refractivity contribution in [2.45, 2.75) is 52.9 Å². The van der Waals surface area contributed by atoms with Gasteiger partial charge in [0.1, 0.15) is 0 Å². The molecule has 0 spiro atoms. The first-order valence-corrected chi connectivity index (χ1v) is 5.92. The highest BCUT2D eigenvalue weighted by atomic mass is 14.3. The molecule has 76 valence electrons. The molecule has 2 unspecified atom stereocenters.